The van der Waals surface area contributed by atoms with E-state index in [0.29, 0.717) is 24.7 Å². The molecule has 3 rings (SSSR count). The van der Waals surface area contributed by atoms with Gasteiger partial charge in [-0.15, -0.1) is 0 Å². The van der Waals surface area contributed by atoms with Gasteiger partial charge in [0, 0.05) is 25.1 Å². The first-order valence-corrected chi connectivity index (χ1v) is 8.07. The van der Waals surface area contributed by atoms with E-state index in [2.05, 4.69) is 4.98 Å². The van der Waals surface area contributed by atoms with Crippen LogP contribution in [0.1, 0.15) is 30.3 Å². The standard InChI is InChI=1S/C18H22N2O3/c1-3-23-14-8-6-10-20(12-14)18(21)16-11-13-7-4-5-9-15(13)17(19-16)22-2/h4-5,7,9,11,14H,3,6,8,10,12H2,1-2H3/t14-/m0/s1. The number of amides is 1. The van der Waals surface area contributed by atoms with Crippen molar-refractivity contribution in [2.75, 3.05) is 26.8 Å². The van der Waals surface area contributed by atoms with E-state index in [4.69, 9.17) is 9.47 Å². The van der Waals surface area contributed by atoms with Crippen molar-refractivity contribution >= 4 is 16.7 Å². The number of fused-ring (bicyclic) bond motifs is 1. The Kier molecular flexibility index (Phi) is 4.76. The lowest BCUT2D eigenvalue weighted by atomic mass is 10.1. The molecule has 0 bridgehead atoms. The third kappa shape index (κ3) is 3.29. The van der Waals surface area contributed by atoms with Crippen molar-refractivity contribution in [3.05, 3.63) is 36.0 Å². The number of carbonyl (C=O) groups is 1. The van der Waals surface area contributed by atoms with Gasteiger partial charge in [0.05, 0.1) is 13.2 Å². The van der Waals surface area contributed by atoms with Crippen LogP contribution in [0.2, 0.25) is 0 Å². The van der Waals surface area contributed by atoms with Gasteiger partial charge in [0.15, 0.2) is 0 Å². The summed E-state index contributed by atoms with van der Waals surface area (Å²) in [6.45, 7) is 4.04. The predicted octanol–water partition coefficient (Wildman–Crippen LogP) is 2.88. The lowest BCUT2D eigenvalue weighted by Crippen LogP contribution is -2.43. The number of benzene rings is 1. The van der Waals surface area contributed by atoms with E-state index in [1.54, 1.807) is 7.11 Å². The van der Waals surface area contributed by atoms with E-state index >= 15 is 0 Å². The van der Waals surface area contributed by atoms with Crippen LogP contribution in [0.3, 0.4) is 0 Å². The first kappa shape index (κ1) is 15.7. The molecule has 23 heavy (non-hydrogen) atoms. The van der Waals surface area contributed by atoms with Crippen molar-refractivity contribution in [1.82, 2.24) is 9.88 Å². The summed E-state index contributed by atoms with van der Waals surface area (Å²) in [5.74, 6) is 0.434. The van der Waals surface area contributed by atoms with Crippen molar-refractivity contribution in [3.8, 4) is 5.88 Å². The molecular formula is C18H22N2O3. The summed E-state index contributed by atoms with van der Waals surface area (Å²) in [5.41, 5.74) is 0.428. The quantitative estimate of drug-likeness (QED) is 0.871. The van der Waals surface area contributed by atoms with Crippen LogP contribution in [0, 0.1) is 0 Å². The van der Waals surface area contributed by atoms with Crippen molar-refractivity contribution in [2.24, 2.45) is 0 Å². The van der Waals surface area contributed by atoms with Gasteiger partial charge in [-0.05, 0) is 37.3 Å². The van der Waals surface area contributed by atoms with E-state index in [1.807, 2.05) is 42.2 Å². The SMILES string of the molecule is CCO[C@H]1CCCN(C(=O)c2cc3ccccc3c(OC)n2)C1. The van der Waals surface area contributed by atoms with Crippen LogP contribution in [-0.2, 0) is 4.74 Å². The molecule has 122 valence electrons. The zero-order chi connectivity index (χ0) is 16.2. The largest absolute Gasteiger partial charge is 0.481 e. The second-order valence-electron chi connectivity index (χ2n) is 5.71. The molecule has 0 spiro atoms. The van der Waals surface area contributed by atoms with Crippen LogP contribution in [0.4, 0.5) is 0 Å². The summed E-state index contributed by atoms with van der Waals surface area (Å²) in [6, 6.07) is 9.63. The van der Waals surface area contributed by atoms with E-state index in [0.717, 1.165) is 30.2 Å². The number of nitrogens with zero attached hydrogens (tertiary/aromatic N) is 2. The van der Waals surface area contributed by atoms with Crippen molar-refractivity contribution in [3.63, 3.8) is 0 Å². The number of hydrogen-bond acceptors (Lipinski definition) is 4. The van der Waals surface area contributed by atoms with Gasteiger partial charge in [-0.3, -0.25) is 4.79 Å². The third-order valence-corrected chi connectivity index (χ3v) is 4.19. The van der Waals surface area contributed by atoms with Crippen molar-refractivity contribution in [1.29, 1.82) is 0 Å². The molecule has 0 saturated carbocycles. The number of likely N-dealkylation sites (tertiary alicyclic amines) is 1. The average molecular weight is 314 g/mol. The highest BCUT2D eigenvalue weighted by atomic mass is 16.5. The minimum Gasteiger partial charge on any atom is -0.481 e. The number of rotatable bonds is 4. The maximum Gasteiger partial charge on any atom is 0.272 e. The number of ether oxygens (including phenoxy) is 2. The van der Waals surface area contributed by atoms with Crippen molar-refractivity contribution in [2.45, 2.75) is 25.9 Å². The molecule has 1 aliphatic rings. The zero-order valence-corrected chi connectivity index (χ0v) is 13.6. The summed E-state index contributed by atoms with van der Waals surface area (Å²) < 4.78 is 11.0. The molecule has 1 saturated heterocycles. The molecule has 1 aromatic heterocycles. The van der Waals surface area contributed by atoms with Gasteiger partial charge in [-0.1, -0.05) is 18.2 Å². The fourth-order valence-corrected chi connectivity index (χ4v) is 3.09. The maximum atomic E-state index is 12.8. The smallest absolute Gasteiger partial charge is 0.272 e. The van der Waals surface area contributed by atoms with Gasteiger partial charge in [-0.2, -0.15) is 0 Å². The highest BCUT2D eigenvalue weighted by Gasteiger charge is 2.26. The minimum atomic E-state index is -0.0570. The molecule has 0 aliphatic carbocycles. The fraction of sp³-hybridized carbons (Fsp3) is 0.444. The van der Waals surface area contributed by atoms with Crippen LogP contribution >= 0.6 is 0 Å². The topological polar surface area (TPSA) is 51.7 Å². The predicted molar refractivity (Wildman–Crippen MR) is 88.8 cm³/mol. The average Bonchev–Trinajstić information content (AvgIpc) is 2.60. The van der Waals surface area contributed by atoms with E-state index in [1.165, 1.54) is 0 Å². The molecule has 0 unspecified atom stereocenters. The number of hydrogen-bond donors (Lipinski definition) is 0. The van der Waals surface area contributed by atoms with Crippen molar-refractivity contribution < 1.29 is 14.3 Å². The first-order chi connectivity index (χ1) is 11.2. The number of piperidine rings is 1. The van der Waals surface area contributed by atoms with Crippen LogP contribution in [0.25, 0.3) is 10.8 Å². The number of methoxy groups -OCH3 is 1. The van der Waals surface area contributed by atoms with Gasteiger partial charge in [0.2, 0.25) is 5.88 Å². The Morgan fingerprint density at radius 2 is 2.22 bits per heavy atom. The lowest BCUT2D eigenvalue weighted by Gasteiger charge is -2.32. The molecule has 2 aromatic rings. The molecular weight excluding hydrogens is 292 g/mol. The summed E-state index contributed by atoms with van der Waals surface area (Å²) >= 11 is 0. The first-order valence-electron chi connectivity index (χ1n) is 8.07. The van der Waals surface area contributed by atoms with Gasteiger partial charge in [0.1, 0.15) is 5.69 Å². The molecule has 1 fully saturated rings. The molecule has 1 aliphatic heterocycles. The van der Waals surface area contributed by atoms with Gasteiger partial charge >= 0.3 is 0 Å². The van der Waals surface area contributed by atoms with Crippen LogP contribution in [-0.4, -0.2) is 48.7 Å². The van der Waals surface area contributed by atoms with Gasteiger partial charge in [-0.25, -0.2) is 4.98 Å². The Labute approximate surface area is 136 Å². The molecule has 1 atom stereocenters. The molecule has 0 radical (unpaired) electrons. The molecule has 1 amide bonds. The van der Waals surface area contributed by atoms with Crippen LogP contribution < -0.4 is 4.74 Å². The molecule has 5 heteroatoms. The number of aromatic nitrogens is 1. The molecule has 5 nitrogen and oxygen atoms in total. The number of carbonyl (C=O) groups excluding carboxylic acids is 1. The summed E-state index contributed by atoms with van der Waals surface area (Å²) in [4.78, 5) is 19.1. The van der Waals surface area contributed by atoms with E-state index in [-0.39, 0.29) is 12.0 Å². The molecule has 0 N–H and O–H groups in total. The fourth-order valence-electron chi connectivity index (χ4n) is 3.09. The Bertz CT molecular complexity index is 700. The summed E-state index contributed by atoms with van der Waals surface area (Å²) in [5, 5.41) is 1.87. The Balaban J connectivity index is 1.88. The second kappa shape index (κ2) is 6.96. The highest BCUT2D eigenvalue weighted by Crippen LogP contribution is 2.25. The second-order valence-corrected chi connectivity index (χ2v) is 5.71. The Morgan fingerprint density at radius 1 is 1.39 bits per heavy atom. The minimum absolute atomic E-state index is 0.0570. The third-order valence-electron chi connectivity index (χ3n) is 4.19. The molecule has 2 heterocycles. The van der Waals surface area contributed by atoms with Crippen LogP contribution in [0.5, 0.6) is 5.88 Å². The van der Waals surface area contributed by atoms with Gasteiger partial charge in [0.25, 0.3) is 5.91 Å². The maximum absolute atomic E-state index is 12.8. The van der Waals surface area contributed by atoms with E-state index < -0.39 is 0 Å². The van der Waals surface area contributed by atoms with E-state index in [9.17, 15) is 4.79 Å². The lowest BCUT2D eigenvalue weighted by molar-refractivity contribution is 0.00702. The normalized spacial score (nSPS) is 18.2. The number of pyridine rings is 1. The van der Waals surface area contributed by atoms with Crippen LogP contribution in [0.15, 0.2) is 30.3 Å². The Hall–Kier alpha value is -2.14. The monoisotopic (exact) mass is 314 g/mol. The Morgan fingerprint density at radius 3 is 3.00 bits per heavy atom. The van der Waals surface area contributed by atoms with Gasteiger partial charge < -0.3 is 14.4 Å². The highest BCUT2D eigenvalue weighted by molar-refractivity contribution is 5.98. The molecule has 1 aromatic carbocycles. The summed E-state index contributed by atoms with van der Waals surface area (Å²) in [6.07, 6.45) is 2.09. The summed E-state index contributed by atoms with van der Waals surface area (Å²) in [7, 11) is 1.58. The zero-order valence-electron chi connectivity index (χ0n) is 13.6.